The molecule has 0 fully saturated rings. The summed E-state index contributed by atoms with van der Waals surface area (Å²) in [5, 5.41) is 0. The Morgan fingerprint density at radius 3 is 3.11 bits per heavy atom. The molecule has 0 nitrogen and oxygen atoms in total. The monoisotopic (exact) mass is 118 g/mol. The summed E-state index contributed by atoms with van der Waals surface area (Å²) in [5.74, 6) is 0. The highest BCUT2D eigenvalue weighted by Crippen LogP contribution is 2.25. The van der Waals surface area contributed by atoms with Crippen molar-refractivity contribution >= 4 is 0 Å². The molecule has 0 aromatic rings. The second-order valence-electron chi connectivity index (χ2n) is 2.73. The number of rotatable bonds is 0. The smallest absolute Gasteiger partial charge is 0.00565 e. The predicted octanol–water partition coefficient (Wildman–Crippen LogP) is 2.58. The summed E-state index contributed by atoms with van der Waals surface area (Å²) in [6.07, 6.45) is 9.54. The van der Waals surface area contributed by atoms with Crippen LogP contribution in [0.25, 0.3) is 0 Å². The molecule has 3 rings (SSSR count). The molecule has 0 aromatic heterocycles. The first-order chi connectivity index (χ1) is 4.45. The highest BCUT2D eigenvalue weighted by molar-refractivity contribution is 5.29. The Bertz CT molecular complexity index is 212. The van der Waals surface area contributed by atoms with E-state index in [4.69, 9.17) is 0 Å². The van der Waals surface area contributed by atoms with Gasteiger partial charge in [-0.15, -0.1) is 5.73 Å². The summed E-state index contributed by atoms with van der Waals surface area (Å²) >= 11 is 0. The van der Waals surface area contributed by atoms with Gasteiger partial charge in [-0.05, 0) is 42.9 Å². The number of fused-ring (bicyclic) bond motifs is 3. The van der Waals surface area contributed by atoms with Crippen LogP contribution in [0.15, 0.2) is 29.0 Å². The van der Waals surface area contributed by atoms with Gasteiger partial charge in [-0.3, -0.25) is 0 Å². The fourth-order valence-electron chi connectivity index (χ4n) is 1.42. The van der Waals surface area contributed by atoms with Crippen LogP contribution in [-0.4, -0.2) is 0 Å². The summed E-state index contributed by atoms with van der Waals surface area (Å²) in [6.45, 7) is 0. The third kappa shape index (κ3) is 0.863. The molecule has 46 valence electrons. The first-order valence-corrected chi connectivity index (χ1v) is 3.58. The van der Waals surface area contributed by atoms with Crippen molar-refractivity contribution in [3.8, 4) is 0 Å². The third-order valence-corrected chi connectivity index (χ3v) is 2.02. The van der Waals surface area contributed by atoms with E-state index in [9.17, 15) is 0 Å². The third-order valence-electron chi connectivity index (χ3n) is 2.02. The maximum absolute atomic E-state index is 3.30. The van der Waals surface area contributed by atoms with E-state index in [1.807, 2.05) is 0 Å². The Balaban J connectivity index is 2.41. The highest BCUT2D eigenvalue weighted by atomic mass is 14.1. The van der Waals surface area contributed by atoms with E-state index in [0.717, 1.165) is 0 Å². The van der Waals surface area contributed by atoms with Crippen molar-refractivity contribution in [2.24, 2.45) is 0 Å². The van der Waals surface area contributed by atoms with Gasteiger partial charge in [0.15, 0.2) is 0 Å². The van der Waals surface area contributed by atoms with E-state index >= 15 is 0 Å². The normalized spacial score (nSPS) is 23.1. The van der Waals surface area contributed by atoms with Crippen LogP contribution >= 0.6 is 0 Å². The molecule has 3 aliphatic carbocycles. The maximum Gasteiger partial charge on any atom is -0.00565 e. The average molecular weight is 118 g/mol. The largest absolute Gasteiger partial charge is 0.121 e. The molecule has 3 aliphatic rings. The zero-order chi connectivity index (χ0) is 6.10. The van der Waals surface area contributed by atoms with Crippen LogP contribution < -0.4 is 0 Å². The van der Waals surface area contributed by atoms with Gasteiger partial charge in [-0.25, -0.2) is 0 Å². The van der Waals surface area contributed by atoms with Crippen LogP contribution in [0.1, 0.15) is 25.7 Å². The lowest BCUT2D eigenvalue weighted by Crippen LogP contribution is -1.77. The zero-order valence-electron chi connectivity index (χ0n) is 5.48. The van der Waals surface area contributed by atoms with Crippen molar-refractivity contribution in [2.45, 2.75) is 25.7 Å². The summed E-state index contributed by atoms with van der Waals surface area (Å²) in [4.78, 5) is 0. The first-order valence-electron chi connectivity index (χ1n) is 3.58. The van der Waals surface area contributed by atoms with Crippen LogP contribution in [0.5, 0.6) is 0 Å². The summed E-state index contributed by atoms with van der Waals surface area (Å²) in [7, 11) is 0. The Labute approximate surface area is 55.6 Å². The van der Waals surface area contributed by atoms with E-state index in [1.165, 1.54) is 36.8 Å². The quantitative estimate of drug-likeness (QED) is 0.429. The van der Waals surface area contributed by atoms with Crippen molar-refractivity contribution < 1.29 is 0 Å². The Morgan fingerprint density at radius 2 is 2.33 bits per heavy atom. The zero-order valence-corrected chi connectivity index (χ0v) is 5.48. The Morgan fingerprint density at radius 1 is 1.33 bits per heavy atom. The van der Waals surface area contributed by atoms with E-state index < -0.39 is 0 Å². The first kappa shape index (κ1) is 5.08. The Kier molecular flexibility index (Phi) is 1.07. The van der Waals surface area contributed by atoms with Gasteiger partial charge in [-0.2, -0.15) is 0 Å². The second kappa shape index (κ2) is 1.89. The van der Waals surface area contributed by atoms with E-state index in [2.05, 4.69) is 17.9 Å². The molecular weight excluding hydrogens is 108 g/mol. The molecule has 2 bridgehead atoms. The van der Waals surface area contributed by atoms with Gasteiger partial charge >= 0.3 is 0 Å². The standard InChI is InChI=1S/C9H10/c1-2-8-4-6-9(3-1)7-5-8/h4-5H,1-3,6H2. The van der Waals surface area contributed by atoms with Gasteiger partial charge in [0.25, 0.3) is 0 Å². The highest BCUT2D eigenvalue weighted by Gasteiger charge is 2.06. The van der Waals surface area contributed by atoms with Crippen molar-refractivity contribution in [2.75, 3.05) is 0 Å². The minimum absolute atomic E-state index is 1.17. The topological polar surface area (TPSA) is 0 Å². The van der Waals surface area contributed by atoms with Gasteiger partial charge in [0.1, 0.15) is 0 Å². The minimum atomic E-state index is 1.17. The van der Waals surface area contributed by atoms with E-state index in [1.54, 1.807) is 0 Å². The van der Waals surface area contributed by atoms with E-state index in [-0.39, 0.29) is 0 Å². The van der Waals surface area contributed by atoms with Crippen molar-refractivity contribution in [3.05, 3.63) is 29.0 Å². The summed E-state index contributed by atoms with van der Waals surface area (Å²) in [5.41, 5.74) is 6.30. The predicted molar refractivity (Wildman–Crippen MR) is 38.1 cm³/mol. The van der Waals surface area contributed by atoms with Gasteiger partial charge in [0.2, 0.25) is 0 Å². The van der Waals surface area contributed by atoms with Crippen molar-refractivity contribution in [1.82, 2.24) is 0 Å². The molecule has 0 N–H and O–H groups in total. The lowest BCUT2D eigenvalue weighted by atomic mass is 10.1. The number of hydrogen-bond donors (Lipinski definition) is 0. The van der Waals surface area contributed by atoms with Crippen LogP contribution in [0.3, 0.4) is 0 Å². The molecular formula is C9H10. The molecule has 9 heavy (non-hydrogen) atoms. The maximum atomic E-state index is 3.30. The summed E-state index contributed by atoms with van der Waals surface area (Å²) in [6, 6.07) is 0. The van der Waals surface area contributed by atoms with Gasteiger partial charge in [-0.1, -0.05) is 6.08 Å². The van der Waals surface area contributed by atoms with Crippen molar-refractivity contribution in [3.63, 3.8) is 0 Å². The molecule has 0 radical (unpaired) electrons. The summed E-state index contributed by atoms with van der Waals surface area (Å²) < 4.78 is 0. The molecule has 0 atom stereocenters. The molecule has 0 aromatic carbocycles. The Hall–Kier alpha value is -0.740. The molecule has 0 saturated heterocycles. The molecule has 0 saturated carbocycles. The van der Waals surface area contributed by atoms with Crippen molar-refractivity contribution in [1.29, 1.82) is 0 Å². The van der Waals surface area contributed by atoms with Gasteiger partial charge in [0.05, 0.1) is 0 Å². The molecule has 0 heterocycles. The molecule has 0 unspecified atom stereocenters. The lowest BCUT2D eigenvalue weighted by Gasteiger charge is -1.96. The van der Waals surface area contributed by atoms with Gasteiger partial charge < -0.3 is 0 Å². The van der Waals surface area contributed by atoms with Crippen LogP contribution in [-0.2, 0) is 0 Å². The molecule has 0 aliphatic heterocycles. The lowest BCUT2D eigenvalue weighted by molar-refractivity contribution is 0.835. The fraction of sp³-hybridized carbons (Fsp3) is 0.444. The molecule has 0 heteroatoms. The van der Waals surface area contributed by atoms with E-state index in [0.29, 0.717) is 0 Å². The molecule has 0 amide bonds. The van der Waals surface area contributed by atoms with Crippen LogP contribution in [0, 0.1) is 0 Å². The average Bonchev–Trinajstić information content (AvgIpc) is 2.21. The van der Waals surface area contributed by atoms with Gasteiger partial charge in [0, 0.05) is 0 Å². The SMILES string of the molecule is C1=CC2=CCC=1CCC2. The number of hydrogen-bond acceptors (Lipinski definition) is 0. The van der Waals surface area contributed by atoms with Crippen LogP contribution in [0.4, 0.5) is 0 Å². The number of allylic oxidation sites excluding steroid dienone is 3. The fourth-order valence-corrected chi connectivity index (χ4v) is 1.42. The minimum Gasteiger partial charge on any atom is -0.121 e. The van der Waals surface area contributed by atoms with Crippen LogP contribution in [0.2, 0.25) is 0 Å². The molecule has 0 spiro atoms. The second-order valence-corrected chi connectivity index (χ2v) is 2.73.